The van der Waals surface area contributed by atoms with E-state index < -0.39 is 0 Å². The van der Waals surface area contributed by atoms with Gasteiger partial charge in [0.2, 0.25) is 5.91 Å². The lowest BCUT2D eigenvalue weighted by atomic mass is 10.0. The molecule has 1 amide bonds. The number of allylic oxidation sites excluding steroid dienone is 2. The number of rotatable bonds is 7. The zero-order chi connectivity index (χ0) is 23.5. The number of methoxy groups -OCH3 is 2. The Labute approximate surface area is 197 Å². The molecule has 1 aliphatic rings. The van der Waals surface area contributed by atoms with Crippen molar-refractivity contribution in [3.63, 3.8) is 0 Å². The van der Waals surface area contributed by atoms with Gasteiger partial charge in [-0.1, -0.05) is 6.07 Å². The maximum Gasteiger partial charge on any atom is 0.224 e. The third-order valence-electron chi connectivity index (χ3n) is 5.64. The number of fused-ring (bicyclic) bond motifs is 1. The van der Waals surface area contributed by atoms with Gasteiger partial charge in [-0.25, -0.2) is 4.39 Å². The van der Waals surface area contributed by atoms with Crippen molar-refractivity contribution in [2.24, 2.45) is 0 Å². The molecule has 0 unspecified atom stereocenters. The number of hydrogen-bond acceptors (Lipinski definition) is 5. The van der Waals surface area contributed by atoms with Crippen LogP contribution in [0.15, 0.2) is 63.6 Å². The minimum absolute atomic E-state index is 0.128. The van der Waals surface area contributed by atoms with Crippen molar-refractivity contribution >= 4 is 35.8 Å². The van der Waals surface area contributed by atoms with E-state index >= 15 is 0 Å². The average molecular weight is 466 g/mol. The van der Waals surface area contributed by atoms with Crippen LogP contribution in [0.5, 0.6) is 11.5 Å². The van der Waals surface area contributed by atoms with Crippen molar-refractivity contribution < 1.29 is 23.1 Å². The number of nitrogens with one attached hydrogen (secondary N) is 1. The van der Waals surface area contributed by atoms with Gasteiger partial charge in [-0.3, -0.25) is 4.79 Å². The Hall–Kier alpha value is -3.45. The number of halogens is 1. The maximum atomic E-state index is 14.1. The fraction of sp³-hybridized carbons (Fsp3) is 0.192. The summed E-state index contributed by atoms with van der Waals surface area (Å²) < 4.78 is 30.3. The van der Waals surface area contributed by atoms with Crippen LogP contribution in [0.4, 0.5) is 4.39 Å². The zero-order valence-electron chi connectivity index (χ0n) is 18.6. The van der Waals surface area contributed by atoms with Crippen LogP contribution in [-0.4, -0.2) is 20.1 Å². The Bertz CT molecular complexity index is 1240. The minimum atomic E-state index is -0.348. The van der Waals surface area contributed by atoms with Crippen LogP contribution >= 0.6 is 12.6 Å². The highest BCUT2D eigenvalue weighted by Crippen LogP contribution is 2.44. The second-order valence-corrected chi connectivity index (χ2v) is 8.11. The lowest BCUT2D eigenvalue weighted by molar-refractivity contribution is -0.120. The van der Waals surface area contributed by atoms with Gasteiger partial charge in [0.15, 0.2) is 0 Å². The molecule has 0 saturated heterocycles. The second-order valence-electron chi connectivity index (χ2n) is 7.66. The Morgan fingerprint density at radius 3 is 2.48 bits per heavy atom. The molecule has 5 nitrogen and oxygen atoms in total. The first-order valence-corrected chi connectivity index (χ1v) is 10.8. The van der Waals surface area contributed by atoms with Gasteiger partial charge in [0.05, 0.1) is 38.3 Å². The van der Waals surface area contributed by atoms with E-state index in [-0.39, 0.29) is 18.1 Å². The number of benzene rings is 2. The number of amides is 1. The molecule has 0 fully saturated rings. The number of thiol groups is 1. The van der Waals surface area contributed by atoms with Crippen LogP contribution in [0.1, 0.15) is 35.8 Å². The largest absolute Gasteiger partial charge is 0.495 e. The monoisotopic (exact) mass is 465 g/mol. The van der Waals surface area contributed by atoms with Crippen molar-refractivity contribution in [3.8, 4) is 11.5 Å². The molecule has 0 saturated carbocycles. The first-order valence-electron chi connectivity index (χ1n) is 10.4. The first kappa shape index (κ1) is 22.7. The number of furan rings is 1. The van der Waals surface area contributed by atoms with Crippen molar-refractivity contribution in [2.75, 3.05) is 14.2 Å². The quantitative estimate of drug-likeness (QED) is 0.436. The van der Waals surface area contributed by atoms with Crippen molar-refractivity contribution in [1.82, 2.24) is 5.32 Å². The molecule has 1 aromatic heterocycles. The van der Waals surface area contributed by atoms with Gasteiger partial charge in [-0.2, -0.15) is 0 Å². The van der Waals surface area contributed by atoms with E-state index in [4.69, 9.17) is 13.9 Å². The molecule has 33 heavy (non-hydrogen) atoms. The third kappa shape index (κ3) is 4.68. The third-order valence-corrected chi connectivity index (χ3v) is 6.08. The van der Waals surface area contributed by atoms with Crippen LogP contribution < -0.4 is 14.8 Å². The lowest BCUT2D eigenvalue weighted by Crippen LogP contribution is -2.22. The highest BCUT2D eigenvalue weighted by Gasteiger charge is 2.26. The molecule has 1 N–H and O–H groups in total. The van der Waals surface area contributed by atoms with E-state index in [9.17, 15) is 9.18 Å². The lowest BCUT2D eigenvalue weighted by Gasteiger charge is -2.11. The summed E-state index contributed by atoms with van der Waals surface area (Å²) in [6.07, 6.45) is 3.67. The molecule has 0 bridgehead atoms. The number of carbonyl (C=O) groups is 1. The Morgan fingerprint density at radius 2 is 1.85 bits per heavy atom. The molecule has 0 atom stereocenters. The van der Waals surface area contributed by atoms with Crippen molar-refractivity contribution in [2.45, 2.75) is 24.8 Å². The van der Waals surface area contributed by atoms with Gasteiger partial charge >= 0.3 is 0 Å². The molecule has 2 aromatic carbocycles. The molecular formula is C26H24FNO4S. The van der Waals surface area contributed by atoms with E-state index in [2.05, 4.69) is 17.9 Å². The number of hydrogen-bond donors (Lipinski definition) is 2. The SMILES string of the molecule is COc1cc(/C=C2/C(C)=C(CC(=O)NCc3ccco3)c3cc(F)ccc32)cc(OC)c1S. The summed E-state index contributed by atoms with van der Waals surface area (Å²) in [4.78, 5) is 13.3. The van der Waals surface area contributed by atoms with Crippen LogP contribution in [0.2, 0.25) is 0 Å². The van der Waals surface area contributed by atoms with E-state index in [1.165, 1.54) is 12.1 Å². The van der Waals surface area contributed by atoms with Gasteiger partial charge in [0.1, 0.15) is 23.1 Å². The zero-order valence-corrected chi connectivity index (χ0v) is 19.5. The summed E-state index contributed by atoms with van der Waals surface area (Å²) in [5, 5.41) is 2.86. The summed E-state index contributed by atoms with van der Waals surface area (Å²) in [6.45, 7) is 2.24. The molecule has 0 spiro atoms. The van der Waals surface area contributed by atoms with Gasteiger partial charge in [-0.05, 0) is 82.8 Å². The van der Waals surface area contributed by atoms with Gasteiger partial charge in [0.25, 0.3) is 0 Å². The fourth-order valence-electron chi connectivity index (χ4n) is 3.97. The molecule has 1 heterocycles. The Morgan fingerprint density at radius 1 is 1.12 bits per heavy atom. The molecule has 4 rings (SSSR count). The predicted molar refractivity (Wildman–Crippen MR) is 129 cm³/mol. The second kappa shape index (κ2) is 9.58. The molecular weight excluding hydrogens is 441 g/mol. The van der Waals surface area contributed by atoms with Crippen molar-refractivity contribution in [1.29, 1.82) is 0 Å². The molecule has 3 aromatic rings. The van der Waals surface area contributed by atoms with Crippen LogP contribution in [0.3, 0.4) is 0 Å². The van der Waals surface area contributed by atoms with E-state index in [0.29, 0.717) is 28.7 Å². The topological polar surface area (TPSA) is 60.7 Å². The summed E-state index contributed by atoms with van der Waals surface area (Å²) in [6, 6.07) is 11.9. The first-order chi connectivity index (χ1) is 15.9. The smallest absolute Gasteiger partial charge is 0.224 e. The molecule has 1 aliphatic carbocycles. The highest BCUT2D eigenvalue weighted by atomic mass is 32.1. The van der Waals surface area contributed by atoms with E-state index in [1.54, 1.807) is 38.7 Å². The molecule has 0 aliphatic heterocycles. The number of carbonyl (C=O) groups excluding carboxylic acids is 1. The van der Waals surface area contributed by atoms with Gasteiger partial charge < -0.3 is 19.2 Å². The van der Waals surface area contributed by atoms with Crippen molar-refractivity contribution in [3.05, 3.63) is 82.6 Å². The standard InChI is InChI=1S/C26H24FNO4S/c1-15-20(9-16-10-23(30-2)26(33)24(11-16)31-3)19-7-6-17(27)12-22(19)21(15)13-25(29)28-14-18-5-4-8-32-18/h4-12,33H,13-14H2,1-3H3,(H,28,29)/b20-9-. The van der Waals surface area contributed by atoms with Crippen LogP contribution in [0.25, 0.3) is 17.2 Å². The average Bonchev–Trinajstić information content (AvgIpc) is 3.41. The molecule has 170 valence electrons. The maximum absolute atomic E-state index is 14.1. The van der Waals surface area contributed by atoms with Gasteiger partial charge in [0, 0.05) is 0 Å². The minimum Gasteiger partial charge on any atom is -0.495 e. The summed E-state index contributed by atoms with van der Waals surface area (Å²) in [5.74, 6) is 1.32. The molecule has 0 radical (unpaired) electrons. The van der Waals surface area contributed by atoms with Gasteiger partial charge in [-0.15, -0.1) is 12.6 Å². The van der Waals surface area contributed by atoms with Crippen LogP contribution in [-0.2, 0) is 11.3 Å². The van der Waals surface area contributed by atoms with E-state index in [1.807, 2.05) is 25.1 Å². The summed E-state index contributed by atoms with van der Waals surface area (Å²) >= 11 is 4.46. The highest BCUT2D eigenvalue weighted by molar-refractivity contribution is 7.80. The normalized spacial score (nSPS) is 13.9. The summed E-state index contributed by atoms with van der Waals surface area (Å²) in [5.41, 5.74) is 5.05. The fourth-order valence-corrected chi connectivity index (χ4v) is 4.28. The predicted octanol–water partition coefficient (Wildman–Crippen LogP) is 5.76. The summed E-state index contributed by atoms with van der Waals surface area (Å²) in [7, 11) is 3.15. The van der Waals surface area contributed by atoms with E-state index in [0.717, 1.165) is 33.4 Å². The Kier molecular flexibility index (Phi) is 6.60. The molecule has 7 heteroatoms. The Balaban J connectivity index is 1.70. The van der Waals surface area contributed by atoms with Crippen LogP contribution in [0, 0.1) is 5.82 Å². The number of ether oxygens (including phenoxy) is 2.